The van der Waals surface area contributed by atoms with Gasteiger partial charge in [0.15, 0.2) is 17.7 Å². The number of nitrogens with zero attached hydrogens (tertiary/aromatic N) is 1. The summed E-state index contributed by atoms with van der Waals surface area (Å²) in [6.07, 6.45) is 0.893. The molecule has 3 aliphatic rings. The number of ether oxygens (including phenoxy) is 1. The Bertz CT molecular complexity index is 897. The second-order valence-corrected chi connectivity index (χ2v) is 7.70. The van der Waals surface area contributed by atoms with Crippen LogP contribution in [0.15, 0.2) is 42.5 Å². The number of halogens is 2. The minimum atomic E-state index is -0.858. The number of nitrogens with one attached hydrogen (secondary N) is 2. The molecule has 0 spiro atoms. The normalized spacial score (nSPS) is 28.6. The van der Waals surface area contributed by atoms with Crippen LogP contribution in [-0.4, -0.2) is 36.0 Å². The van der Waals surface area contributed by atoms with Crippen LogP contribution in [0, 0.1) is 17.6 Å². The molecule has 2 saturated heterocycles. The Labute approximate surface area is 161 Å². The maximum atomic E-state index is 13.7. The van der Waals surface area contributed by atoms with E-state index >= 15 is 0 Å². The largest absolute Gasteiger partial charge is 0.480 e. The zero-order chi connectivity index (χ0) is 19.3. The predicted octanol–water partition coefficient (Wildman–Crippen LogP) is 2.33. The number of hydrogen-bond donors (Lipinski definition) is 2. The van der Waals surface area contributed by atoms with Crippen molar-refractivity contribution in [2.24, 2.45) is 5.92 Å². The number of rotatable bonds is 2. The third-order valence-electron chi connectivity index (χ3n) is 6.05. The van der Waals surface area contributed by atoms with Crippen molar-refractivity contribution in [3.8, 4) is 5.75 Å². The summed E-state index contributed by atoms with van der Waals surface area (Å²) in [5.41, 5.74) is 8.18. The minimum absolute atomic E-state index is 0.00872. The molecule has 0 radical (unpaired) electrons. The SMILES string of the molecule is O=C(C1Cc2ccccc2O1)N1CCC2NNC(c3ccc(F)c(F)c3)C2C1. The molecule has 4 unspecified atom stereocenters. The first-order chi connectivity index (χ1) is 13.6. The van der Waals surface area contributed by atoms with Gasteiger partial charge in [0, 0.05) is 31.5 Å². The highest BCUT2D eigenvalue weighted by atomic mass is 19.2. The van der Waals surface area contributed by atoms with Gasteiger partial charge in [-0.3, -0.25) is 10.2 Å². The van der Waals surface area contributed by atoms with Crippen molar-refractivity contribution < 1.29 is 18.3 Å². The fraction of sp³-hybridized carbons (Fsp3) is 0.381. The topological polar surface area (TPSA) is 53.6 Å². The first kappa shape index (κ1) is 17.6. The summed E-state index contributed by atoms with van der Waals surface area (Å²) in [5, 5.41) is 0. The quantitative estimate of drug-likeness (QED) is 0.833. The number of piperidine rings is 1. The van der Waals surface area contributed by atoms with Gasteiger partial charge in [-0.25, -0.2) is 14.2 Å². The molecule has 5 rings (SSSR count). The Morgan fingerprint density at radius 2 is 1.96 bits per heavy atom. The number of amides is 1. The van der Waals surface area contributed by atoms with Crippen molar-refractivity contribution >= 4 is 5.91 Å². The molecular formula is C21H21F2N3O2. The Morgan fingerprint density at radius 1 is 1.11 bits per heavy atom. The van der Waals surface area contributed by atoms with E-state index in [1.807, 2.05) is 29.2 Å². The molecule has 0 aromatic heterocycles. The van der Waals surface area contributed by atoms with E-state index in [-0.39, 0.29) is 23.9 Å². The van der Waals surface area contributed by atoms with E-state index < -0.39 is 17.7 Å². The number of carbonyl (C=O) groups is 1. The van der Waals surface area contributed by atoms with E-state index in [0.717, 1.165) is 23.8 Å². The summed E-state index contributed by atoms with van der Waals surface area (Å²) in [4.78, 5) is 14.9. The molecule has 2 aromatic rings. The van der Waals surface area contributed by atoms with Gasteiger partial charge in [0.05, 0.1) is 6.04 Å². The van der Waals surface area contributed by atoms with Crippen molar-refractivity contribution in [3.63, 3.8) is 0 Å². The number of likely N-dealkylation sites (tertiary alicyclic amines) is 1. The zero-order valence-corrected chi connectivity index (χ0v) is 15.2. The van der Waals surface area contributed by atoms with Crippen molar-refractivity contribution in [2.75, 3.05) is 13.1 Å². The van der Waals surface area contributed by atoms with Crippen LogP contribution in [0.2, 0.25) is 0 Å². The third-order valence-corrected chi connectivity index (χ3v) is 6.05. The monoisotopic (exact) mass is 385 g/mol. The van der Waals surface area contributed by atoms with Crippen LogP contribution in [0.5, 0.6) is 5.75 Å². The summed E-state index contributed by atoms with van der Waals surface area (Å²) in [6.45, 7) is 1.19. The number of benzene rings is 2. The number of fused-ring (bicyclic) bond motifs is 2. The van der Waals surface area contributed by atoms with E-state index in [1.54, 1.807) is 6.07 Å². The highest BCUT2D eigenvalue weighted by molar-refractivity contribution is 5.82. The second-order valence-electron chi connectivity index (χ2n) is 7.70. The first-order valence-corrected chi connectivity index (χ1v) is 9.59. The predicted molar refractivity (Wildman–Crippen MR) is 98.4 cm³/mol. The lowest BCUT2D eigenvalue weighted by molar-refractivity contribution is -0.140. The smallest absolute Gasteiger partial charge is 0.264 e. The third kappa shape index (κ3) is 2.95. The number of hydrazine groups is 1. The number of hydrogen-bond acceptors (Lipinski definition) is 4. The van der Waals surface area contributed by atoms with E-state index in [1.165, 1.54) is 6.07 Å². The molecule has 3 aliphatic heterocycles. The molecular weight excluding hydrogens is 364 g/mol. The van der Waals surface area contributed by atoms with Crippen LogP contribution >= 0.6 is 0 Å². The second kappa shape index (κ2) is 6.83. The summed E-state index contributed by atoms with van der Waals surface area (Å²) in [7, 11) is 0. The van der Waals surface area contributed by atoms with E-state index in [9.17, 15) is 13.6 Å². The number of para-hydroxylation sites is 1. The van der Waals surface area contributed by atoms with Gasteiger partial charge in [-0.05, 0) is 35.7 Å². The maximum Gasteiger partial charge on any atom is 0.264 e. The lowest BCUT2D eigenvalue weighted by Gasteiger charge is -2.37. The van der Waals surface area contributed by atoms with Crippen LogP contribution in [0.3, 0.4) is 0 Å². The highest BCUT2D eigenvalue weighted by Gasteiger charge is 2.43. The van der Waals surface area contributed by atoms with E-state index in [4.69, 9.17) is 4.74 Å². The molecule has 5 nitrogen and oxygen atoms in total. The molecule has 3 heterocycles. The van der Waals surface area contributed by atoms with Crippen LogP contribution in [0.1, 0.15) is 23.6 Å². The molecule has 4 atom stereocenters. The molecule has 146 valence electrons. The lowest BCUT2D eigenvalue weighted by atomic mass is 9.85. The molecule has 0 saturated carbocycles. The maximum absolute atomic E-state index is 13.7. The van der Waals surface area contributed by atoms with Crippen LogP contribution < -0.4 is 15.6 Å². The minimum Gasteiger partial charge on any atom is -0.480 e. The van der Waals surface area contributed by atoms with Gasteiger partial charge in [0.1, 0.15) is 5.75 Å². The van der Waals surface area contributed by atoms with Crippen molar-refractivity contribution in [3.05, 3.63) is 65.2 Å². The van der Waals surface area contributed by atoms with Crippen molar-refractivity contribution in [1.82, 2.24) is 15.8 Å². The molecule has 2 N–H and O–H groups in total. The fourth-order valence-electron chi connectivity index (χ4n) is 4.56. The average molecular weight is 385 g/mol. The first-order valence-electron chi connectivity index (χ1n) is 9.59. The van der Waals surface area contributed by atoms with Gasteiger partial charge in [0.2, 0.25) is 0 Å². The Hall–Kier alpha value is -2.51. The van der Waals surface area contributed by atoms with Crippen LogP contribution in [-0.2, 0) is 11.2 Å². The van der Waals surface area contributed by atoms with Gasteiger partial charge in [-0.2, -0.15) is 0 Å². The molecule has 7 heteroatoms. The molecule has 0 aliphatic carbocycles. The van der Waals surface area contributed by atoms with Gasteiger partial charge in [-0.15, -0.1) is 0 Å². The van der Waals surface area contributed by atoms with Gasteiger partial charge < -0.3 is 9.64 Å². The van der Waals surface area contributed by atoms with E-state index in [2.05, 4.69) is 10.9 Å². The number of carbonyl (C=O) groups excluding carboxylic acids is 1. The highest BCUT2D eigenvalue weighted by Crippen LogP contribution is 2.35. The summed E-state index contributed by atoms with van der Waals surface area (Å²) in [5.74, 6) is -0.871. The Kier molecular flexibility index (Phi) is 4.29. The van der Waals surface area contributed by atoms with Gasteiger partial charge in [0.25, 0.3) is 5.91 Å². The summed E-state index contributed by atoms with van der Waals surface area (Å²) >= 11 is 0. The van der Waals surface area contributed by atoms with E-state index in [0.29, 0.717) is 25.1 Å². The van der Waals surface area contributed by atoms with Crippen molar-refractivity contribution in [2.45, 2.75) is 31.0 Å². The molecule has 0 bridgehead atoms. The summed E-state index contributed by atoms with van der Waals surface area (Å²) < 4.78 is 32.8. The van der Waals surface area contributed by atoms with Gasteiger partial charge >= 0.3 is 0 Å². The van der Waals surface area contributed by atoms with Crippen molar-refractivity contribution in [1.29, 1.82) is 0 Å². The zero-order valence-electron chi connectivity index (χ0n) is 15.2. The standard InChI is InChI=1S/C21H21F2N3O2/c22-15-6-5-13(9-16(15)23)20-14-11-26(8-7-17(14)24-25-20)21(27)19-10-12-3-1-2-4-18(12)28-19/h1-6,9,14,17,19-20,24-25H,7-8,10-11H2. The molecule has 2 fully saturated rings. The fourth-order valence-corrected chi connectivity index (χ4v) is 4.56. The molecule has 1 amide bonds. The Morgan fingerprint density at radius 3 is 2.79 bits per heavy atom. The average Bonchev–Trinajstić information content (AvgIpc) is 3.33. The van der Waals surface area contributed by atoms with Crippen LogP contribution in [0.25, 0.3) is 0 Å². The summed E-state index contributed by atoms with van der Waals surface area (Å²) in [6, 6.07) is 11.7. The van der Waals surface area contributed by atoms with Crippen LogP contribution in [0.4, 0.5) is 8.78 Å². The lowest BCUT2D eigenvalue weighted by Crippen LogP contribution is -2.51. The Balaban J connectivity index is 1.31. The molecule has 28 heavy (non-hydrogen) atoms. The van der Waals surface area contributed by atoms with Gasteiger partial charge in [-0.1, -0.05) is 24.3 Å². The molecule has 2 aromatic carbocycles.